The molecule has 138 valence electrons. The second-order valence-electron chi connectivity index (χ2n) is 6.41. The Morgan fingerprint density at radius 1 is 1.00 bits per heavy atom. The minimum Gasteiger partial charge on any atom is -0.459 e. The van der Waals surface area contributed by atoms with Crippen LogP contribution in [-0.2, 0) is 10.0 Å². The molecule has 0 radical (unpaired) electrons. The number of carbonyl (C=O) groups excluding carboxylic acids is 1. The summed E-state index contributed by atoms with van der Waals surface area (Å²) in [5.41, 5.74) is 1.92. The van der Waals surface area contributed by atoms with E-state index in [0.717, 1.165) is 18.4 Å². The van der Waals surface area contributed by atoms with Crippen LogP contribution in [0, 0.1) is 0 Å². The molecule has 27 heavy (non-hydrogen) atoms. The fraction of sp³-hybridized carbons (Fsp3) is 0.150. The third-order valence-corrected chi connectivity index (χ3v) is 5.78. The van der Waals surface area contributed by atoms with Crippen LogP contribution in [-0.4, -0.2) is 20.4 Å². The molecule has 2 N–H and O–H groups in total. The van der Waals surface area contributed by atoms with Crippen molar-refractivity contribution in [2.75, 3.05) is 5.32 Å². The predicted octanol–water partition coefficient (Wildman–Crippen LogP) is 3.64. The minimum absolute atomic E-state index is 0.0183. The van der Waals surface area contributed by atoms with Gasteiger partial charge in [-0.3, -0.25) is 4.79 Å². The largest absolute Gasteiger partial charge is 0.459 e. The zero-order valence-corrected chi connectivity index (χ0v) is 15.2. The van der Waals surface area contributed by atoms with Crippen LogP contribution < -0.4 is 10.0 Å². The molecule has 1 aliphatic rings. The van der Waals surface area contributed by atoms with Crippen molar-refractivity contribution in [2.45, 2.75) is 23.8 Å². The molecule has 7 heteroatoms. The Morgan fingerprint density at radius 3 is 2.52 bits per heavy atom. The van der Waals surface area contributed by atoms with Crippen LogP contribution in [0.25, 0.3) is 11.1 Å². The summed E-state index contributed by atoms with van der Waals surface area (Å²) in [7, 11) is -3.59. The summed E-state index contributed by atoms with van der Waals surface area (Å²) < 4.78 is 32.7. The van der Waals surface area contributed by atoms with E-state index in [4.69, 9.17) is 4.42 Å². The van der Waals surface area contributed by atoms with Crippen molar-refractivity contribution in [3.05, 3.63) is 72.7 Å². The van der Waals surface area contributed by atoms with Crippen LogP contribution in [0.15, 0.2) is 76.2 Å². The van der Waals surface area contributed by atoms with Crippen LogP contribution >= 0.6 is 0 Å². The van der Waals surface area contributed by atoms with E-state index in [-0.39, 0.29) is 16.7 Å². The van der Waals surface area contributed by atoms with Crippen molar-refractivity contribution in [2.24, 2.45) is 0 Å². The molecule has 2 aromatic carbocycles. The SMILES string of the molecule is O=C(Nc1cccc(S(=O)(=O)NC2CC2)c1)c1occc1-c1ccccc1. The molecule has 6 nitrogen and oxygen atoms in total. The van der Waals surface area contributed by atoms with E-state index in [0.29, 0.717) is 11.3 Å². The molecule has 1 heterocycles. The van der Waals surface area contributed by atoms with Gasteiger partial charge in [-0.1, -0.05) is 36.4 Å². The lowest BCUT2D eigenvalue weighted by atomic mass is 10.1. The van der Waals surface area contributed by atoms with Gasteiger partial charge < -0.3 is 9.73 Å². The number of anilines is 1. The maximum absolute atomic E-state index is 12.6. The summed E-state index contributed by atoms with van der Waals surface area (Å²) in [6.45, 7) is 0. The first kappa shape index (κ1) is 17.5. The quantitative estimate of drug-likeness (QED) is 0.681. The first-order chi connectivity index (χ1) is 13.0. The zero-order chi connectivity index (χ0) is 18.9. The van der Waals surface area contributed by atoms with Crippen molar-refractivity contribution >= 4 is 21.6 Å². The van der Waals surface area contributed by atoms with E-state index in [1.54, 1.807) is 18.2 Å². The van der Waals surface area contributed by atoms with Gasteiger partial charge in [-0.25, -0.2) is 13.1 Å². The Hall–Kier alpha value is -2.90. The van der Waals surface area contributed by atoms with E-state index in [2.05, 4.69) is 10.0 Å². The number of furan rings is 1. The highest BCUT2D eigenvalue weighted by Gasteiger charge is 2.28. The number of benzene rings is 2. The van der Waals surface area contributed by atoms with Crippen LogP contribution in [0.2, 0.25) is 0 Å². The molecule has 1 amide bonds. The zero-order valence-electron chi connectivity index (χ0n) is 14.4. The first-order valence-electron chi connectivity index (χ1n) is 8.59. The second kappa shape index (κ2) is 7.02. The first-order valence-corrected chi connectivity index (χ1v) is 10.1. The Labute approximate surface area is 157 Å². The molecule has 3 aromatic rings. The fourth-order valence-corrected chi connectivity index (χ4v) is 4.10. The molecule has 1 aliphatic carbocycles. The summed E-state index contributed by atoms with van der Waals surface area (Å²) in [5, 5.41) is 2.71. The topological polar surface area (TPSA) is 88.4 Å². The molecule has 0 spiro atoms. The highest BCUT2D eigenvalue weighted by atomic mass is 32.2. The van der Waals surface area contributed by atoms with Crippen molar-refractivity contribution in [3.8, 4) is 11.1 Å². The van der Waals surface area contributed by atoms with Gasteiger partial charge in [0.15, 0.2) is 5.76 Å². The standard InChI is InChI=1S/C20H18N2O4S/c23-20(19-18(11-12-26-19)14-5-2-1-3-6-14)21-16-7-4-8-17(13-16)27(24,25)22-15-9-10-15/h1-8,11-13,15,22H,9-10H2,(H,21,23). The fourth-order valence-electron chi connectivity index (χ4n) is 2.75. The molecule has 0 aliphatic heterocycles. The normalized spacial score (nSPS) is 14.1. The molecular weight excluding hydrogens is 364 g/mol. The lowest BCUT2D eigenvalue weighted by Gasteiger charge is -2.09. The number of amides is 1. The Balaban J connectivity index is 1.56. The van der Waals surface area contributed by atoms with Crippen molar-refractivity contribution in [1.29, 1.82) is 0 Å². The summed E-state index contributed by atoms with van der Waals surface area (Å²) >= 11 is 0. The van der Waals surface area contributed by atoms with Gasteiger partial charge in [-0.15, -0.1) is 0 Å². The van der Waals surface area contributed by atoms with Gasteiger partial charge in [0.2, 0.25) is 10.0 Å². The van der Waals surface area contributed by atoms with Gasteiger partial charge in [0.05, 0.1) is 11.2 Å². The number of hydrogen-bond acceptors (Lipinski definition) is 4. The lowest BCUT2D eigenvalue weighted by Crippen LogP contribution is -2.25. The molecule has 0 saturated heterocycles. The Kier molecular flexibility index (Phi) is 4.55. The van der Waals surface area contributed by atoms with E-state index in [1.165, 1.54) is 18.4 Å². The number of hydrogen-bond donors (Lipinski definition) is 2. The number of nitrogens with one attached hydrogen (secondary N) is 2. The Bertz CT molecular complexity index is 1070. The van der Waals surface area contributed by atoms with Crippen molar-refractivity contribution < 1.29 is 17.6 Å². The van der Waals surface area contributed by atoms with E-state index in [9.17, 15) is 13.2 Å². The third kappa shape index (κ3) is 3.94. The van der Waals surface area contributed by atoms with Gasteiger partial charge >= 0.3 is 0 Å². The van der Waals surface area contributed by atoms with Crippen LogP contribution in [0.4, 0.5) is 5.69 Å². The maximum atomic E-state index is 12.6. The molecule has 0 bridgehead atoms. The summed E-state index contributed by atoms with van der Waals surface area (Å²) in [6.07, 6.45) is 3.17. The van der Waals surface area contributed by atoms with Gasteiger partial charge in [0.1, 0.15) is 0 Å². The van der Waals surface area contributed by atoms with E-state index in [1.807, 2.05) is 30.3 Å². The molecule has 0 atom stereocenters. The van der Waals surface area contributed by atoms with Crippen LogP contribution in [0.5, 0.6) is 0 Å². The summed E-state index contributed by atoms with van der Waals surface area (Å²) in [6, 6.07) is 17.3. The number of carbonyl (C=O) groups is 1. The minimum atomic E-state index is -3.59. The van der Waals surface area contributed by atoms with E-state index < -0.39 is 15.9 Å². The van der Waals surface area contributed by atoms with E-state index >= 15 is 0 Å². The molecule has 4 rings (SSSR count). The Morgan fingerprint density at radius 2 is 1.78 bits per heavy atom. The summed E-state index contributed by atoms with van der Waals surface area (Å²) in [4.78, 5) is 12.8. The van der Waals surface area contributed by atoms with Crippen LogP contribution in [0.1, 0.15) is 23.4 Å². The van der Waals surface area contributed by atoms with Gasteiger partial charge in [0.25, 0.3) is 5.91 Å². The second-order valence-corrected chi connectivity index (χ2v) is 8.12. The predicted molar refractivity (Wildman–Crippen MR) is 102 cm³/mol. The van der Waals surface area contributed by atoms with Gasteiger partial charge in [-0.2, -0.15) is 0 Å². The van der Waals surface area contributed by atoms with Crippen LogP contribution in [0.3, 0.4) is 0 Å². The smallest absolute Gasteiger partial charge is 0.292 e. The molecule has 1 aromatic heterocycles. The lowest BCUT2D eigenvalue weighted by molar-refractivity contribution is 0.0997. The highest BCUT2D eigenvalue weighted by Crippen LogP contribution is 2.26. The monoisotopic (exact) mass is 382 g/mol. The number of sulfonamides is 1. The number of rotatable bonds is 6. The van der Waals surface area contributed by atoms with Gasteiger partial charge in [0, 0.05) is 17.3 Å². The highest BCUT2D eigenvalue weighted by molar-refractivity contribution is 7.89. The van der Waals surface area contributed by atoms with Gasteiger partial charge in [-0.05, 0) is 42.7 Å². The maximum Gasteiger partial charge on any atom is 0.292 e. The average Bonchev–Trinajstić information content (AvgIpc) is 3.33. The van der Waals surface area contributed by atoms with Crippen molar-refractivity contribution in [3.63, 3.8) is 0 Å². The third-order valence-electron chi connectivity index (χ3n) is 4.26. The molecular formula is C20H18N2O4S. The molecule has 0 unspecified atom stereocenters. The van der Waals surface area contributed by atoms with Crippen molar-refractivity contribution in [1.82, 2.24) is 4.72 Å². The average molecular weight is 382 g/mol. The molecule has 1 fully saturated rings. The summed E-state index contributed by atoms with van der Waals surface area (Å²) in [5.74, 6) is -0.269. The molecule has 1 saturated carbocycles.